The van der Waals surface area contributed by atoms with Crippen molar-refractivity contribution in [2.45, 2.75) is 6.54 Å². The van der Waals surface area contributed by atoms with E-state index >= 15 is 0 Å². The Morgan fingerprint density at radius 3 is 2.54 bits per heavy atom. The number of nitrogens with zero attached hydrogens (tertiary/aromatic N) is 3. The monoisotopic (exact) mass is 393 g/mol. The number of fused-ring (bicyclic) bond motifs is 2. The van der Waals surface area contributed by atoms with Crippen LogP contribution < -0.4 is 0 Å². The molecule has 0 unspecified atom stereocenters. The van der Waals surface area contributed by atoms with Gasteiger partial charge in [0, 0.05) is 31.7 Å². The Kier molecular flexibility index (Phi) is 5.62. The second-order valence-electron chi connectivity index (χ2n) is 7.13. The van der Waals surface area contributed by atoms with Gasteiger partial charge >= 0.3 is 0 Å². The molecule has 0 radical (unpaired) electrons. The van der Waals surface area contributed by atoms with Gasteiger partial charge in [0.1, 0.15) is 0 Å². The number of imidazole rings is 1. The van der Waals surface area contributed by atoms with Gasteiger partial charge in [0.05, 0.1) is 30.6 Å². The summed E-state index contributed by atoms with van der Waals surface area (Å²) in [5, 5.41) is 2.53. The predicted octanol–water partition coefficient (Wildman–Crippen LogP) is 4.61. The lowest BCUT2D eigenvalue weighted by molar-refractivity contribution is 0.0365. The fraction of sp³-hybridized carbons (Fsp3) is 0.261. The van der Waals surface area contributed by atoms with Crippen molar-refractivity contribution in [2.75, 3.05) is 32.8 Å². The lowest BCUT2D eigenvalue weighted by atomic mass is 10.0. The molecule has 0 bridgehead atoms. The number of rotatable bonds is 4. The first kappa shape index (κ1) is 18.9. The molecule has 1 saturated heterocycles. The normalized spacial score (nSPS) is 15.0. The Labute approximate surface area is 171 Å². The lowest BCUT2D eigenvalue weighted by Gasteiger charge is -2.26. The van der Waals surface area contributed by atoms with Crippen molar-refractivity contribution in [1.82, 2.24) is 14.5 Å². The van der Waals surface area contributed by atoms with Gasteiger partial charge in [-0.25, -0.2) is 4.98 Å². The number of halogens is 1. The lowest BCUT2D eigenvalue weighted by Crippen LogP contribution is -2.38. The van der Waals surface area contributed by atoms with Gasteiger partial charge in [-0.1, -0.05) is 48.5 Å². The largest absolute Gasteiger partial charge is 0.379 e. The molecule has 0 atom stereocenters. The van der Waals surface area contributed by atoms with Crippen molar-refractivity contribution in [1.29, 1.82) is 0 Å². The minimum Gasteiger partial charge on any atom is -0.379 e. The first-order valence-corrected chi connectivity index (χ1v) is 9.62. The van der Waals surface area contributed by atoms with Gasteiger partial charge < -0.3 is 9.30 Å². The van der Waals surface area contributed by atoms with E-state index in [9.17, 15) is 0 Å². The number of aromatic nitrogens is 2. The summed E-state index contributed by atoms with van der Waals surface area (Å²) >= 11 is 0. The van der Waals surface area contributed by atoms with Crippen molar-refractivity contribution in [3.63, 3.8) is 0 Å². The molecule has 1 fully saturated rings. The van der Waals surface area contributed by atoms with Crippen LogP contribution in [0.5, 0.6) is 0 Å². The van der Waals surface area contributed by atoms with Crippen LogP contribution in [0, 0.1) is 0 Å². The van der Waals surface area contributed by atoms with Crippen molar-refractivity contribution in [2.24, 2.45) is 0 Å². The van der Waals surface area contributed by atoms with Crippen LogP contribution in [0.4, 0.5) is 0 Å². The highest BCUT2D eigenvalue weighted by molar-refractivity contribution is 5.95. The molecule has 3 aromatic carbocycles. The average molecular weight is 394 g/mol. The highest BCUT2D eigenvalue weighted by Gasteiger charge is 2.12. The molecule has 144 valence electrons. The van der Waals surface area contributed by atoms with Gasteiger partial charge in [-0.2, -0.15) is 0 Å². The van der Waals surface area contributed by atoms with Gasteiger partial charge in [0.2, 0.25) is 0 Å². The third-order valence-electron chi connectivity index (χ3n) is 5.47. The van der Waals surface area contributed by atoms with Gasteiger partial charge in [-0.05, 0) is 28.5 Å². The number of para-hydroxylation sites is 1. The standard InChI is InChI=1S/C23H23N3O.ClH/c1-2-5-19-16-20(9-8-18(19)4-1)21-6-3-7-22-23(21)24-17-26(22)11-10-25-12-14-27-15-13-25;/h1-9,16-17H,10-15H2;1H. The van der Waals surface area contributed by atoms with E-state index in [-0.39, 0.29) is 12.4 Å². The molecule has 0 saturated carbocycles. The topological polar surface area (TPSA) is 30.3 Å². The molecule has 1 aromatic heterocycles. The SMILES string of the molecule is Cl.c1ccc2cc(-c3cccc4c3ncn4CCN3CCOCC3)ccc2c1. The molecule has 5 heteroatoms. The Bertz CT molecular complexity index is 1090. The molecule has 2 heterocycles. The quantitative estimate of drug-likeness (QED) is 0.507. The maximum atomic E-state index is 5.44. The summed E-state index contributed by atoms with van der Waals surface area (Å²) in [6, 6.07) is 21.6. The average Bonchev–Trinajstić information content (AvgIpc) is 3.16. The molecule has 4 nitrogen and oxygen atoms in total. The zero-order chi connectivity index (χ0) is 18.1. The van der Waals surface area contributed by atoms with E-state index in [0.29, 0.717) is 0 Å². The second kappa shape index (κ2) is 8.31. The minimum atomic E-state index is 0. The third kappa shape index (κ3) is 3.63. The molecular formula is C23H24ClN3O. The molecule has 0 aliphatic carbocycles. The van der Waals surface area contributed by atoms with Crippen LogP contribution >= 0.6 is 12.4 Å². The summed E-state index contributed by atoms with van der Waals surface area (Å²) in [6.45, 7) is 5.73. The number of hydrogen-bond donors (Lipinski definition) is 0. The third-order valence-corrected chi connectivity index (χ3v) is 5.47. The highest BCUT2D eigenvalue weighted by atomic mass is 35.5. The van der Waals surface area contributed by atoms with Crippen molar-refractivity contribution in [3.8, 4) is 11.1 Å². The van der Waals surface area contributed by atoms with Crippen LogP contribution in [0.25, 0.3) is 32.9 Å². The fourth-order valence-electron chi connectivity index (χ4n) is 3.93. The van der Waals surface area contributed by atoms with E-state index in [1.807, 2.05) is 6.33 Å². The molecule has 1 aliphatic heterocycles. The first-order valence-electron chi connectivity index (χ1n) is 9.62. The maximum absolute atomic E-state index is 5.44. The summed E-state index contributed by atoms with van der Waals surface area (Å²) in [4.78, 5) is 7.22. The molecule has 0 amide bonds. The van der Waals surface area contributed by atoms with Gasteiger partial charge in [-0.15, -0.1) is 12.4 Å². The van der Waals surface area contributed by atoms with Crippen molar-refractivity contribution >= 4 is 34.2 Å². The Balaban J connectivity index is 0.00000192. The highest BCUT2D eigenvalue weighted by Crippen LogP contribution is 2.30. The van der Waals surface area contributed by atoms with Crippen LogP contribution in [0.15, 0.2) is 67.0 Å². The van der Waals surface area contributed by atoms with Crippen LogP contribution in [0.3, 0.4) is 0 Å². The van der Waals surface area contributed by atoms with Crippen LogP contribution in [0.1, 0.15) is 0 Å². The Morgan fingerprint density at radius 2 is 1.68 bits per heavy atom. The predicted molar refractivity (Wildman–Crippen MR) is 117 cm³/mol. The number of hydrogen-bond acceptors (Lipinski definition) is 3. The van der Waals surface area contributed by atoms with Crippen molar-refractivity contribution in [3.05, 3.63) is 67.0 Å². The van der Waals surface area contributed by atoms with E-state index in [1.54, 1.807) is 0 Å². The minimum absolute atomic E-state index is 0. The van der Waals surface area contributed by atoms with E-state index in [0.717, 1.165) is 44.9 Å². The summed E-state index contributed by atoms with van der Waals surface area (Å²) in [5.74, 6) is 0. The summed E-state index contributed by atoms with van der Waals surface area (Å²) in [6.07, 6.45) is 1.98. The molecule has 5 rings (SSSR count). The molecule has 0 spiro atoms. The number of benzene rings is 3. The van der Waals surface area contributed by atoms with E-state index in [2.05, 4.69) is 70.1 Å². The molecule has 0 N–H and O–H groups in total. The van der Waals surface area contributed by atoms with Gasteiger partial charge in [-0.3, -0.25) is 4.90 Å². The van der Waals surface area contributed by atoms with Crippen LogP contribution in [-0.2, 0) is 11.3 Å². The smallest absolute Gasteiger partial charge is 0.0963 e. The van der Waals surface area contributed by atoms with Crippen LogP contribution in [-0.4, -0.2) is 47.3 Å². The molecule has 1 aliphatic rings. The first-order chi connectivity index (χ1) is 13.4. The van der Waals surface area contributed by atoms with E-state index < -0.39 is 0 Å². The Morgan fingerprint density at radius 1 is 0.857 bits per heavy atom. The summed E-state index contributed by atoms with van der Waals surface area (Å²) in [5.41, 5.74) is 4.70. The molecule has 4 aromatic rings. The van der Waals surface area contributed by atoms with Gasteiger partial charge in [0.15, 0.2) is 0 Å². The Hall–Kier alpha value is -2.40. The second-order valence-corrected chi connectivity index (χ2v) is 7.13. The van der Waals surface area contributed by atoms with Gasteiger partial charge in [0.25, 0.3) is 0 Å². The molecular weight excluding hydrogens is 370 g/mol. The van der Waals surface area contributed by atoms with Crippen molar-refractivity contribution < 1.29 is 4.74 Å². The number of ether oxygens (including phenoxy) is 1. The van der Waals surface area contributed by atoms with E-state index in [1.165, 1.54) is 27.4 Å². The van der Waals surface area contributed by atoms with E-state index in [4.69, 9.17) is 9.72 Å². The molecule has 28 heavy (non-hydrogen) atoms. The van der Waals surface area contributed by atoms with Crippen LogP contribution in [0.2, 0.25) is 0 Å². The summed E-state index contributed by atoms with van der Waals surface area (Å²) < 4.78 is 7.71. The zero-order valence-electron chi connectivity index (χ0n) is 15.8. The number of morpholine rings is 1. The fourth-order valence-corrected chi connectivity index (χ4v) is 3.93. The maximum Gasteiger partial charge on any atom is 0.0963 e. The zero-order valence-corrected chi connectivity index (χ0v) is 16.6. The summed E-state index contributed by atoms with van der Waals surface area (Å²) in [7, 11) is 0.